The van der Waals surface area contributed by atoms with Crippen molar-refractivity contribution in [3.05, 3.63) is 66.4 Å². The van der Waals surface area contributed by atoms with E-state index in [1.54, 1.807) is 29.4 Å². The van der Waals surface area contributed by atoms with E-state index in [0.29, 0.717) is 5.82 Å². The standard InChI is InChI=1S/C14H9F2N5O/c15-10-2-1-9(7-11(10)16)18-14(22)12-3-4-13(20-19-12)21-6-5-17-8-21/h1-8H,(H,18,22). The fourth-order valence-electron chi connectivity index (χ4n) is 1.75. The van der Waals surface area contributed by atoms with E-state index in [9.17, 15) is 13.6 Å². The van der Waals surface area contributed by atoms with Gasteiger partial charge in [-0.2, -0.15) is 0 Å². The summed E-state index contributed by atoms with van der Waals surface area (Å²) in [5, 5.41) is 10.1. The van der Waals surface area contributed by atoms with Crippen LogP contribution in [0.25, 0.3) is 5.82 Å². The molecule has 0 fully saturated rings. The Morgan fingerprint density at radius 1 is 1.09 bits per heavy atom. The number of rotatable bonds is 3. The van der Waals surface area contributed by atoms with Gasteiger partial charge in [0.05, 0.1) is 0 Å². The molecule has 2 heterocycles. The molecule has 0 unspecified atom stereocenters. The van der Waals surface area contributed by atoms with Gasteiger partial charge in [0.15, 0.2) is 23.1 Å². The van der Waals surface area contributed by atoms with Crippen molar-refractivity contribution in [2.24, 2.45) is 0 Å². The van der Waals surface area contributed by atoms with Gasteiger partial charge in [0, 0.05) is 24.1 Å². The van der Waals surface area contributed by atoms with Crippen LogP contribution < -0.4 is 5.32 Å². The topological polar surface area (TPSA) is 72.7 Å². The van der Waals surface area contributed by atoms with E-state index in [1.807, 2.05) is 0 Å². The van der Waals surface area contributed by atoms with Crippen LogP contribution in [0.5, 0.6) is 0 Å². The van der Waals surface area contributed by atoms with Gasteiger partial charge in [0.2, 0.25) is 0 Å². The van der Waals surface area contributed by atoms with Crippen LogP contribution in [0.15, 0.2) is 49.1 Å². The van der Waals surface area contributed by atoms with Crippen molar-refractivity contribution in [1.82, 2.24) is 19.7 Å². The summed E-state index contributed by atoms with van der Waals surface area (Å²) < 4.78 is 27.5. The van der Waals surface area contributed by atoms with Crippen LogP contribution in [-0.4, -0.2) is 25.7 Å². The molecule has 0 aliphatic carbocycles. The van der Waals surface area contributed by atoms with Crippen LogP contribution in [-0.2, 0) is 0 Å². The predicted molar refractivity (Wildman–Crippen MR) is 73.5 cm³/mol. The molecule has 1 amide bonds. The second-order valence-electron chi connectivity index (χ2n) is 4.33. The summed E-state index contributed by atoms with van der Waals surface area (Å²) >= 11 is 0. The summed E-state index contributed by atoms with van der Waals surface area (Å²) in [4.78, 5) is 15.8. The summed E-state index contributed by atoms with van der Waals surface area (Å²) in [5.41, 5.74) is 0.179. The summed E-state index contributed by atoms with van der Waals surface area (Å²) in [6.07, 6.45) is 4.82. The molecular formula is C14H9F2N5O. The first-order valence-corrected chi connectivity index (χ1v) is 6.22. The van der Waals surface area contributed by atoms with Gasteiger partial charge >= 0.3 is 0 Å². The number of anilines is 1. The number of carbonyl (C=O) groups excluding carboxylic acids is 1. The maximum absolute atomic E-state index is 13.1. The van der Waals surface area contributed by atoms with Gasteiger partial charge in [0.25, 0.3) is 5.91 Å². The van der Waals surface area contributed by atoms with Crippen LogP contribution >= 0.6 is 0 Å². The minimum Gasteiger partial charge on any atom is -0.320 e. The summed E-state index contributed by atoms with van der Waals surface area (Å²) in [7, 11) is 0. The number of hydrogen-bond acceptors (Lipinski definition) is 4. The molecule has 8 heteroatoms. The first-order valence-electron chi connectivity index (χ1n) is 6.22. The lowest BCUT2D eigenvalue weighted by Gasteiger charge is -2.05. The number of nitrogens with zero attached hydrogens (tertiary/aromatic N) is 4. The molecule has 1 N–H and O–H groups in total. The molecule has 0 radical (unpaired) electrons. The summed E-state index contributed by atoms with van der Waals surface area (Å²) in [6.45, 7) is 0. The molecular weight excluding hydrogens is 292 g/mol. The molecule has 1 aromatic carbocycles. The van der Waals surface area contributed by atoms with E-state index in [4.69, 9.17) is 0 Å². The Bertz CT molecular complexity index is 803. The molecule has 3 rings (SSSR count). The third-order valence-electron chi connectivity index (χ3n) is 2.83. The molecule has 0 spiro atoms. The van der Waals surface area contributed by atoms with Gasteiger partial charge in [-0.05, 0) is 24.3 Å². The highest BCUT2D eigenvalue weighted by molar-refractivity contribution is 6.02. The lowest BCUT2D eigenvalue weighted by molar-refractivity contribution is 0.102. The van der Waals surface area contributed by atoms with Crippen molar-refractivity contribution in [1.29, 1.82) is 0 Å². The average molecular weight is 301 g/mol. The molecule has 0 bridgehead atoms. The van der Waals surface area contributed by atoms with Crippen molar-refractivity contribution in [2.45, 2.75) is 0 Å². The SMILES string of the molecule is O=C(Nc1ccc(F)c(F)c1)c1ccc(-n2ccnc2)nn1. The first kappa shape index (κ1) is 13.8. The molecule has 0 aliphatic rings. The molecule has 0 aliphatic heterocycles. The van der Waals surface area contributed by atoms with Gasteiger partial charge in [-0.25, -0.2) is 13.8 Å². The van der Waals surface area contributed by atoms with Crippen molar-refractivity contribution in [3.8, 4) is 5.82 Å². The number of imidazole rings is 1. The van der Waals surface area contributed by atoms with Crippen molar-refractivity contribution in [3.63, 3.8) is 0 Å². The van der Waals surface area contributed by atoms with Crippen molar-refractivity contribution < 1.29 is 13.6 Å². The number of aromatic nitrogens is 4. The van der Waals surface area contributed by atoms with Gasteiger partial charge in [-0.3, -0.25) is 9.36 Å². The number of nitrogens with one attached hydrogen (secondary N) is 1. The Kier molecular flexibility index (Phi) is 3.57. The Morgan fingerprint density at radius 3 is 2.59 bits per heavy atom. The predicted octanol–water partition coefficient (Wildman–Crippen LogP) is 2.19. The Balaban J connectivity index is 1.76. The molecule has 110 valence electrons. The van der Waals surface area contributed by atoms with Crippen LogP contribution in [0.4, 0.5) is 14.5 Å². The normalized spacial score (nSPS) is 10.5. The lowest BCUT2D eigenvalue weighted by Crippen LogP contribution is -2.15. The number of hydrogen-bond donors (Lipinski definition) is 1. The smallest absolute Gasteiger partial charge is 0.276 e. The van der Waals surface area contributed by atoms with Gasteiger partial charge in [-0.1, -0.05) is 0 Å². The Labute approximate surface area is 123 Å². The number of carbonyl (C=O) groups is 1. The average Bonchev–Trinajstić information content (AvgIpc) is 3.05. The monoisotopic (exact) mass is 301 g/mol. The molecule has 0 atom stereocenters. The van der Waals surface area contributed by atoms with Crippen LogP contribution in [0.2, 0.25) is 0 Å². The molecule has 6 nitrogen and oxygen atoms in total. The van der Waals surface area contributed by atoms with E-state index in [0.717, 1.165) is 12.1 Å². The fraction of sp³-hybridized carbons (Fsp3) is 0. The van der Waals surface area contributed by atoms with Gasteiger partial charge in [-0.15, -0.1) is 10.2 Å². The molecule has 0 saturated heterocycles. The largest absolute Gasteiger partial charge is 0.320 e. The second-order valence-corrected chi connectivity index (χ2v) is 4.33. The number of halogens is 2. The molecule has 3 aromatic rings. The number of benzene rings is 1. The summed E-state index contributed by atoms with van der Waals surface area (Å²) in [6, 6.07) is 6.13. The van der Waals surface area contributed by atoms with E-state index < -0.39 is 17.5 Å². The zero-order valence-electron chi connectivity index (χ0n) is 11.1. The molecule has 2 aromatic heterocycles. The third-order valence-corrected chi connectivity index (χ3v) is 2.83. The van der Waals surface area contributed by atoms with Crippen LogP contribution in [0.3, 0.4) is 0 Å². The Hall–Kier alpha value is -3.16. The zero-order valence-corrected chi connectivity index (χ0v) is 11.1. The molecule has 22 heavy (non-hydrogen) atoms. The van der Waals surface area contributed by atoms with Crippen molar-refractivity contribution >= 4 is 11.6 Å². The van der Waals surface area contributed by atoms with E-state index in [-0.39, 0.29) is 11.4 Å². The maximum atomic E-state index is 13.1. The van der Waals surface area contributed by atoms with Crippen LogP contribution in [0.1, 0.15) is 10.5 Å². The van der Waals surface area contributed by atoms with E-state index in [1.165, 1.54) is 12.1 Å². The van der Waals surface area contributed by atoms with Gasteiger partial charge in [0.1, 0.15) is 6.33 Å². The van der Waals surface area contributed by atoms with Crippen molar-refractivity contribution in [2.75, 3.05) is 5.32 Å². The highest BCUT2D eigenvalue weighted by Crippen LogP contribution is 2.14. The molecule has 0 saturated carbocycles. The van der Waals surface area contributed by atoms with Crippen LogP contribution in [0, 0.1) is 11.6 Å². The Morgan fingerprint density at radius 2 is 1.95 bits per heavy atom. The number of amides is 1. The first-order chi connectivity index (χ1) is 10.6. The minimum absolute atomic E-state index is 0.0496. The quantitative estimate of drug-likeness (QED) is 0.805. The zero-order chi connectivity index (χ0) is 15.5. The van der Waals surface area contributed by atoms with Gasteiger partial charge < -0.3 is 5.32 Å². The van der Waals surface area contributed by atoms with E-state index >= 15 is 0 Å². The summed E-state index contributed by atoms with van der Waals surface area (Å²) in [5.74, 6) is -2.10. The maximum Gasteiger partial charge on any atom is 0.276 e. The van der Waals surface area contributed by atoms with E-state index in [2.05, 4.69) is 20.5 Å². The highest BCUT2D eigenvalue weighted by atomic mass is 19.2. The highest BCUT2D eigenvalue weighted by Gasteiger charge is 2.11. The lowest BCUT2D eigenvalue weighted by atomic mass is 10.3. The second kappa shape index (κ2) is 5.68. The fourth-order valence-corrected chi connectivity index (χ4v) is 1.75. The minimum atomic E-state index is -1.04. The third kappa shape index (κ3) is 2.80.